The highest BCUT2D eigenvalue weighted by atomic mass is 16.6. The highest BCUT2D eigenvalue weighted by molar-refractivity contribution is 6.25. The average molecular weight is 538 g/mol. The molecule has 0 aliphatic carbocycles. The van der Waals surface area contributed by atoms with Gasteiger partial charge in [0.05, 0.1) is 29.9 Å². The van der Waals surface area contributed by atoms with Gasteiger partial charge in [0.1, 0.15) is 24.0 Å². The average Bonchev–Trinajstić information content (AvgIpc) is 3.13. The van der Waals surface area contributed by atoms with Crippen LogP contribution in [0.5, 0.6) is 5.75 Å². The minimum Gasteiger partial charge on any atom is -0.491 e. The van der Waals surface area contributed by atoms with Gasteiger partial charge < -0.3 is 19.5 Å². The van der Waals surface area contributed by atoms with Crippen molar-refractivity contribution in [2.45, 2.75) is 45.3 Å². The number of benzene rings is 2. The van der Waals surface area contributed by atoms with Crippen LogP contribution in [0.1, 0.15) is 64.7 Å². The molecule has 0 bridgehead atoms. The number of hydrogen-bond donors (Lipinski definition) is 2. The Hall–Kier alpha value is -4.25. The lowest BCUT2D eigenvalue weighted by Crippen LogP contribution is -2.54. The second-order valence-corrected chi connectivity index (χ2v) is 10.1. The Balaban J connectivity index is 1.24. The van der Waals surface area contributed by atoms with E-state index in [1.807, 2.05) is 0 Å². The number of nitrogens with zero attached hydrogens (tertiary/aromatic N) is 1. The van der Waals surface area contributed by atoms with Crippen LogP contribution in [0.2, 0.25) is 0 Å². The summed E-state index contributed by atoms with van der Waals surface area (Å²) in [5, 5.41) is 5.30. The Morgan fingerprint density at radius 3 is 2.54 bits per heavy atom. The van der Waals surface area contributed by atoms with Crippen LogP contribution >= 0.6 is 0 Å². The largest absolute Gasteiger partial charge is 0.491 e. The number of ether oxygens (including phenoxy) is 3. The molecule has 2 aliphatic heterocycles. The van der Waals surface area contributed by atoms with Gasteiger partial charge in [-0.1, -0.05) is 12.1 Å². The van der Waals surface area contributed by atoms with Gasteiger partial charge in [-0.15, -0.1) is 0 Å². The minimum absolute atomic E-state index is 0.0607. The maximum atomic E-state index is 13.1. The molecule has 4 rings (SSSR count). The van der Waals surface area contributed by atoms with E-state index in [1.165, 1.54) is 6.07 Å². The van der Waals surface area contributed by atoms with Gasteiger partial charge in [0, 0.05) is 18.7 Å². The summed E-state index contributed by atoms with van der Waals surface area (Å²) in [7, 11) is 0. The van der Waals surface area contributed by atoms with E-state index in [0.29, 0.717) is 30.2 Å². The molecule has 1 unspecified atom stereocenters. The molecule has 11 nitrogen and oxygen atoms in total. The van der Waals surface area contributed by atoms with Crippen molar-refractivity contribution in [1.29, 1.82) is 0 Å². The van der Waals surface area contributed by atoms with Crippen LogP contribution in [0.4, 0.5) is 5.69 Å². The van der Waals surface area contributed by atoms with Gasteiger partial charge in [0.15, 0.2) is 0 Å². The fourth-order valence-electron chi connectivity index (χ4n) is 4.29. The summed E-state index contributed by atoms with van der Waals surface area (Å²) in [6.07, 6.45) is 0.158. The molecule has 0 saturated carbocycles. The van der Waals surface area contributed by atoms with Crippen molar-refractivity contribution in [1.82, 2.24) is 10.2 Å². The first kappa shape index (κ1) is 27.8. The molecule has 0 radical (unpaired) electrons. The summed E-state index contributed by atoms with van der Waals surface area (Å²) in [5.74, 6) is -2.11. The van der Waals surface area contributed by atoms with E-state index in [1.54, 1.807) is 57.2 Å². The first-order chi connectivity index (χ1) is 18.5. The molecule has 4 amide bonds. The van der Waals surface area contributed by atoms with Crippen molar-refractivity contribution in [2.75, 3.05) is 31.7 Å². The smallest absolute Gasteiger partial charge is 0.338 e. The number of imide groups is 2. The quantitative estimate of drug-likeness (QED) is 0.266. The van der Waals surface area contributed by atoms with Crippen molar-refractivity contribution in [3.8, 4) is 5.75 Å². The lowest BCUT2D eigenvalue weighted by atomic mass is 10.0. The monoisotopic (exact) mass is 537 g/mol. The molecule has 2 heterocycles. The highest BCUT2D eigenvalue weighted by Crippen LogP contribution is 2.32. The van der Waals surface area contributed by atoms with Crippen molar-refractivity contribution in [2.24, 2.45) is 0 Å². The van der Waals surface area contributed by atoms with E-state index in [9.17, 15) is 24.0 Å². The number of hydrogen-bond acceptors (Lipinski definition) is 9. The maximum absolute atomic E-state index is 13.1. The van der Waals surface area contributed by atoms with Crippen molar-refractivity contribution in [3.05, 3.63) is 59.2 Å². The molecule has 1 atom stereocenters. The van der Waals surface area contributed by atoms with E-state index >= 15 is 0 Å². The van der Waals surface area contributed by atoms with E-state index < -0.39 is 41.2 Å². The van der Waals surface area contributed by atoms with Crippen LogP contribution in [-0.4, -0.2) is 72.5 Å². The molecule has 2 aromatic rings. The zero-order valence-electron chi connectivity index (χ0n) is 22.1. The Morgan fingerprint density at radius 2 is 1.79 bits per heavy atom. The fraction of sp³-hybridized carbons (Fsp3) is 0.393. The van der Waals surface area contributed by atoms with Crippen LogP contribution < -0.4 is 15.4 Å². The van der Waals surface area contributed by atoms with Crippen molar-refractivity contribution in [3.63, 3.8) is 0 Å². The van der Waals surface area contributed by atoms with E-state index in [2.05, 4.69) is 10.6 Å². The summed E-state index contributed by atoms with van der Waals surface area (Å²) in [4.78, 5) is 62.9. The summed E-state index contributed by atoms with van der Waals surface area (Å²) in [6, 6.07) is 10.6. The number of amides is 4. The third-order valence-corrected chi connectivity index (χ3v) is 5.99. The predicted molar refractivity (Wildman–Crippen MR) is 140 cm³/mol. The first-order valence-electron chi connectivity index (χ1n) is 12.7. The molecule has 1 saturated heterocycles. The second kappa shape index (κ2) is 11.6. The molecule has 0 aromatic heterocycles. The van der Waals surface area contributed by atoms with Gasteiger partial charge in [-0.2, -0.15) is 0 Å². The maximum Gasteiger partial charge on any atom is 0.338 e. The summed E-state index contributed by atoms with van der Waals surface area (Å²) in [6.45, 7) is 6.59. The number of esters is 1. The molecule has 0 spiro atoms. The van der Waals surface area contributed by atoms with E-state index in [4.69, 9.17) is 14.2 Å². The molecule has 39 heavy (non-hydrogen) atoms. The normalized spacial score (nSPS) is 17.1. The summed E-state index contributed by atoms with van der Waals surface area (Å²) in [5.41, 5.74) is 0.662. The lowest BCUT2D eigenvalue weighted by molar-refractivity contribution is -0.136. The van der Waals surface area contributed by atoms with Crippen LogP contribution in [0.3, 0.4) is 0 Å². The standard InChI is InChI=1S/C28H31N3O8/c1-28(2,3)39-27(36)17-6-4-7-18(16-17)38-15-14-37-13-12-29-20-9-5-8-19-23(20)26(35)31(25(19)34)21-10-11-22(32)30-24(21)33/h4-9,16,21,29H,10-15H2,1-3H3,(H,30,32,33). The lowest BCUT2D eigenvalue weighted by Gasteiger charge is -2.27. The van der Waals surface area contributed by atoms with Crippen LogP contribution in [0, 0.1) is 0 Å². The first-order valence-corrected chi connectivity index (χ1v) is 12.7. The molecule has 2 aliphatic rings. The Bertz CT molecular complexity index is 1300. The summed E-state index contributed by atoms with van der Waals surface area (Å²) < 4.78 is 16.6. The number of rotatable bonds is 10. The van der Waals surface area contributed by atoms with Gasteiger partial charge in [-0.05, 0) is 57.5 Å². The molecule has 2 N–H and O–H groups in total. The van der Waals surface area contributed by atoms with Gasteiger partial charge in [-0.25, -0.2) is 4.79 Å². The molecule has 206 valence electrons. The number of carbonyl (C=O) groups excluding carboxylic acids is 5. The van der Waals surface area contributed by atoms with Gasteiger partial charge in [0.25, 0.3) is 11.8 Å². The molecular formula is C28H31N3O8. The molecule has 2 aromatic carbocycles. The second-order valence-electron chi connectivity index (χ2n) is 10.1. The van der Waals surface area contributed by atoms with Gasteiger partial charge in [0.2, 0.25) is 11.8 Å². The van der Waals surface area contributed by atoms with Gasteiger partial charge in [-0.3, -0.25) is 29.4 Å². The number of carbonyl (C=O) groups is 5. The Kier molecular flexibility index (Phi) is 8.29. The number of fused-ring (bicyclic) bond motifs is 1. The third-order valence-electron chi connectivity index (χ3n) is 5.99. The SMILES string of the molecule is CC(C)(C)OC(=O)c1cccc(OCCOCCNc2cccc3c2C(=O)N(C2CCC(=O)NC2=O)C3=O)c1. The fourth-order valence-corrected chi connectivity index (χ4v) is 4.29. The van der Waals surface area contributed by atoms with E-state index in [0.717, 1.165) is 4.90 Å². The highest BCUT2D eigenvalue weighted by Gasteiger charge is 2.45. The number of anilines is 1. The van der Waals surface area contributed by atoms with Crippen LogP contribution in [0.25, 0.3) is 0 Å². The zero-order chi connectivity index (χ0) is 28.2. The summed E-state index contributed by atoms with van der Waals surface area (Å²) >= 11 is 0. The minimum atomic E-state index is -1.02. The topological polar surface area (TPSA) is 140 Å². The number of piperidine rings is 1. The van der Waals surface area contributed by atoms with E-state index in [-0.39, 0.29) is 37.2 Å². The zero-order valence-corrected chi connectivity index (χ0v) is 22.1. The third kappa shape index (κ3) is 6.61. The van der Waals surface area contributed by atoms with Crippen LogP contribution in [0.15, 0.2) is 42.5 Å². The Morgan fingerprint density at radius 1 is 1.03 bits per heavy atom. The molecule has 11 heteroatoms. The molecular weight excluding hydrogens is 506 g/mol. The van der Waals surface area contributed by atoms with Crippen LogP contribution in [-0.2, 0) is 19.1 Å². The van der Waals surface area contributed by atoms with Crippen molar-refractivity contribution >= 4 is 35.3 Å². The van der Waals surface area contributed by atoms with Crippen molar-refractivity contribution < 1.29 is 38.2 Å². The predicted octanol–water partition coefficient (Wildman–Crippen LogP) is 2.55. The Labute approximate surface area is 225 Å². The van der Waals surface area contributed by atoms with Gasteiger partial charge >= 0.3 is 5.97 Å². The molecule has 1 fully saturated rings. The number of nitrogens with one attached hydrogen (secondary N) is 2.